The minimum Gasteiger partial charge on any atom is -0.497 e. The van der Waals surface area contributed by atoms with Crippen LogP contribution in [0.4, 0.5) is 0 Å². The van der Waals surface area contributed by atoms with Gasteiger partial charge in [0.25, 0.3) is 5.91 Å². The number of hydrogen-bond donors (Lipinski definition) is 1. The molecule has 0 saturated heterocycles. The van der Waals surface area contributed by atoms with Gasteiger partial charge >= 0.3 is 0 Å². The first kappa shape index (κ1) is 18.5. The largest absolute Gasteiger partial charge is 0.497 e. The molecule has 140 valence electrons. The third kappa shape index (κ3) is 3.95. The highest BCUT2D eigenvalue weighted by Gasteiger charge is 2.24. The molecule has 1 aromatic heterocycles. The van der Waals surface area contributed by atoms with E-state index in [1.165, 1.54) is 0 Å². The summed E-state index contributed by atoms with van der Waals surface area (Å²) in [5.41, 5.74) is 2.59. The van der Waals surface area contributed by atoms with E-state index in [0.717, 1.165) is 5.56 Å². The topological polar surface area (TPSA) is 73.6 Å². The average molecular weight is 366 g/mol. The molecule has 27 heavy (non-hydrogen) atoms. The molecular formula is C21H22N2O4. The SMILES string of the molecule is COc1cc(OC)cc(-c2onc(C)c2C(=O)N[C@H](C)c2ccccc2)c1. The summed E-state index contributed by atoms with van der Waals surface area (Å²) in [5, 5.41) is 6.99. The number of hydrogen-bond acceptors (Lipinski definition) is 5. The lowest BCUT2D eigenvalue weighted by Crippen LogP contribution is -2.27. The summed E-state index contributed by atoms with van der Waals surface area (Å²) in [6.07, 6.45) is 0. The number of nitrogens with one attached hydrogen (secondary N) is 1. The van der Waals surface area contributed by atoms with Gasteiger partial charge in [-0.2, -0.15) is 0 Å². The summed E-state index contributed by atoms with van der Waals surface area (Å²) in [6.45, 7) is 3.68. The molecule has 0 fully saturated rings. The first-order valence-electron chi connectivity index (χ1n) is 8.59. The van der Waals surface area contributed by atoms with Gasteiger partial charge in [-0.3, -0.25) is 4.79 Å². The molecule has 0 bridgehead atoms. The molecule has 6 nitrogen and oxygen atoms in total. The number of rotatable bonds is 6. The van der Waals surface area contributed by atoms with Crippen molar-refractivity contribution in [3.05, 3.63) is 65.4 Å². The molecule has 0 aliphatic rings. The van der Waals surface area contributed by atoms with Crippen LogP contribution < -0.4 is 14.8 Å². The Bertz CT molecular complexity index is 912. The van der Waals surface area contributed by atoms with Crippen LogP contribution >= 0.6 is 0 Å². The number of benzene rings is 2. The molecule has 3 rings (SSSR count). The van der Waals surface area contributed by atoms with E-state index >= 15 is 0 Å². The van der Waals surface area contributed by atoms with Crippen LogP contribution in [0.15, 0.2) is 53.1 Å². The Hall–Kier alpha value is -3.28. The Balaban J connectivity index is 1.94. The van der Waals surface area contributed by atoms with E-state index in [4.69, 9.17) is 14.0 Å². The highest BCUT2D eigenvalue weighted by molar-refractivity contribution is 6.00. The Labute approximate surface area is 158 Å². The van der Waals surface area contributed by atoms with Crippen molar-refractivity contribution in [3.8, 4) is 22.8 Å². The van der Waals surface area contributed by atoms with Crippen LogP contribution in [0.25, 0.3) is 11.3 Å². The second-order valence-electron chi connectivity index (χ2n) is 6.18. The molecule has 1 heterocycles. The van der Waals surface area contributed by atoms with Crippen LogP contribution in [0.3, 0.4) is 0 Å². The van der Waals surface area contributed by atoms with Gasteiger partial charge in [0, 0.05) is 11.6 Å². The number of carbonyl (C=O) groups is 1. The molecule has 3 aromatic rings. The quantitative estimate of drug-likeness (QED) is 0.709. The van der Waals surface area contributed by atoms with E-state index in [9.17, 15) is 4.79 Å². The van der Waals surface area contributed by atoms with Gasteiger partial charge < -0.3 is 19.3 Å². The molecule has 1 N–H and O–H groups in total. The monoisotopic (exact) mass is 366 g/mol. The lowest BCUT2D eigenvalue weighted by atomic mass is 10.0. The van der Waals surface area contributed by atoms with Crippen molar-refractivity contribution in [1.82, 2.24) is 10.5 Å². The van der Waals surface area contributed by atoms with Crippen molar-refractivity contribution < 1.29 is 18.8 Å². The van der Waals surface area contributed by atoms with Crippen LogP contribution in [0.2, 0.25) is 0 Å². The van der Waals surface area contributed by atoms with E-state index < -0.39 is 0 Å². The first-order chi connectivity index (χ1) is 13.0. The van der Waals surface area contributed by atoms with Gasteiger partial charge in [0.05, 0.1) is 26.0 Å². The van der Waals surface area contributed by atoms with Crippen LogP contribution in [0.5, 0.6) is 11.5 Å². The molecule has 0 radical (unpaired) electrons. The molecule has 1 atom stereocenters. The fourth-order valence-corrected chi connectivity index (χ4v) is 2.87. The van der Waals surface area contributed by atoms with E-state index in [0.29, 0.717) is 34.1 Å². The summed E-state index contributed by atoms with van der Waals surface area (Å²) in [7, 11) is 3.14. The third-order valence-electron chi connectivity index (χ3n) is 4.35. The van der Waals surface area contributed by atoms with E-state index in [2.05, 4.69) is 10.5 Å². The van der Waals surface area contributed by atoms with Crippen LogP contribution in [0, 0.1) is 6.92 Å². The van der Waals surface area contributed by atoms with Crippen molar-refractivity contribution in [3.63, 3.8) is 0 Å². The maximum Gasteiger partial charge on any atom is 0.257 e. The number of methoxy groups -OCH3 is 2. The lowest BCUT2D eigenvalue weighted by Gasteiger charge is -2.14. The smallest absolute Gasteiger partial charge is 0.257 e. The van der Waals surface area contributed by atoms with Gasteiger partial charge in [-0.05, 0) is 31.5 Å². The Kier molecular flexibility index (Phi) is 5.45. The third-order valence-corrected chi connectivity index (χ3v) is 4.35. The molecule has 0 spiro atoms. The molecule has 0 aliphatic heterocycles. The van der Waals surface area contributed by atoms with E-state index in [1.807, 2.05) is 37.3 Å². The van der Waals surface area contributed by atoms with Gasteiger partial charge in [0.1, 0.15) is 17.1 Å². The molecule has 1 amide bonds. The molecule has 0 unspecified atom stereocenters. The number of nitrogens with zero attached hydrogens (tertiary/aromatic N) is 1. The first-order valence-corrected chi connectivity index (χ1v) is 8.59. The zero-order valence-corrected chi connectivity index (χ0v) is 15.8. The minimum absolute atomic E-state index is 0.152. The number of carbonyl (C=O) groups excluding carboxylic acids is 1. The second kappa shape index (κ2) is 7.95. The van der Waals surface area contributed by atoms with Crippen LogP contribution in [0.1, 0.15) is 34.6 Å². The van der Waals surface area contributed by atoms with Gasteiger partial charge in [-0.25, -0.2) is 0 Å². The normalized spacial score (nSPS) is 11.7. The van der Waals surface area contributed by atoms with Gasteiger partial charge in [-0.15, -0.1) is 0 Å². The number of aryl methyl sites for hydroxylation is 1. The minimum atomic E-state index is -0.248. The average Bonchev–Trinajstić information content (AvgIpc) is 3.09. The fourth-order valence-electron chi connectivity index (χ4n) is 2.87. The predicted octanol–water partition coefficient (Wildman–Crippen LogP) is 4.16. The van der Waals surface area contributed by atoms with Gasteiger partial charge in [0.15, 0.2) is 5.76 Å². The van der Waals surface area contributed by atoms with Crippen LogP contribution in [-0.4, -0.2) is 25.3 Å². The highest BCUT2D eigenvalue weighted by atomic mass is 16.5. The molecule has 6 heteroatoms. The Morgan fingerprint density at radius 3 is 2.30 bits per heavy atom. The fraction of sp³-hybridized carbons (Fsp3) is 0.238. The highest BCUT2D eigenvalue weighted by Crippen LogP contribution is 2.33. The molecular weight excluding hydrogens is 344 g/mol. The second-order valence-corrected chi connectivity index (χ2v) is 6.18. The predicted molar refractivity (Wildman–Crippen MR) is 102 cm³/mol. The zero-order chi connectivity index (χ0) is 19.4. The molecule has 0 saturated carbocycles. The maximum atomic E-state index is 12.9. The number of amides is 1. The Morgan fingerprint density at radius 2 is 1.70 bits per heavy atom. The molecule has 2 aromatic carbocycles. The Morgan fingerprint density at radius 1 is 1.07 bits per heavy atom. The van der Waals surface area contributed by atoms with E-state index in [1.54, 1.807) is 39.3 Å². The lowest BCUT2D eigenvalue weighted by molar-refractivity contribution is 0.0939. The maximum absolute atomic E-state index is 12.9. The summed E-state index contributed by atoms with van der Waals surface area (Å²) >= 11 is 0. The number of ether oxygens (including phenoxy) is 2. The molecule has 0 aliphatic carbocycles. The van der Waals surface area contributed by atoms with Crippen molar-refractivity contribution in [2.75, 3.05) is 14.2 Å². The van der Waals surface area contributed by atoms with Crippen LogP contribution in [-0.2, 0) is 0 Å². The van der Waals surface area contributed by atoms with Gasteiger partial charge in [-0.1, -0.05) is 35.5 Å². The van der Waals surface area contributed by atoms with Crippen molar-refractivity contribution in [2.45, 2.75) is 19.9 Å². The summed E-state index contributed by atoms with van der Waals surface area (Å²) in [5.74, 6) is 1.33. The van der Waals surface area contributed by atoms with Crippen molar-refractivity contribution in [1.29, 1.82) is 0 Å². The summed E-state index contributed by atoms with van der Waals surface area (Å²) in [4.78, 5) is 12.9. The standard InChI is InChI=1S/C21H22N2O4/c1-13(15-8-6-5-7-9-15)22-21(24)19-14(2)23-27-20(19)16-10-17(25-3)12-18(11-16)26-4/h5-13H,1-4H3,(H,22,24)/t13-/m1/s1. The van der Waals surface area contributed by atoms with Gasteiger partial charge in [0.2, 0.25) is 0 Å². The summed E-state index contributed by atoms with van der Waals surface area (Å²) in [6, 6.07) is 14.9. The van der Waals surface area contributed by atoms with Crippen molar-refractivity contribution in [2.24, 2.45) is 0 Å². The number of aromatic nitrogens is 1. The zero-order valence-electron chi connectivity index (χ0n) is 15.8. The van der Waals surface area contributed by atoms with Crippen molar-refractivity contribution >= 4 is 5.91 Å². The van der Waals surface area contributed by atoms with E-state index in [-0.39, 0.29) is 11.9 Å². The summed E-state index contributed by atoms with van der Waals surface area (Å²) < 4.78 is 16.1.